The number of benzene rings is 1. The summed E-state index contributed by atoms with van der Waals surface area (Å²) in [5.41, 5.74) is 2.50. The molecule has 1 aromatic carbocycles. The van der Waals surface area contributed by atoms with Crippen molar-refractivity contribution in [2.24, 2.45) is 0 Å². The Hall–Kier alpha value is -1.00. The summed E-state index contributed by atoms with van der Waals surface area (Å²) in [5, 5.41) is 6.30. The first-order valence-electron chi connectivity index (χ1n) is 7.81. The second-order valence-electron chi connectivity index (χ2n) is 5.36. The van der Waals surface area contributed by atoms with Gasteiger partial charge in [-0.3, -0.25) is 4.79 Å². The molecule has 0 radical (unpaired) electrons. The monoisotopic (exact) mass is 308 g/mol. The topological polar surface area (TPSA) is 41.1 Å². The Morgan fingerprint density at radius 2 is 1.95 bits per heavy atom. The molecule has 0 spiro atoms. The van der Waals surface area contributed by atoms with Crippen LogP contribution in [-0.4, -0.2) is 31.3 Å². The lowest BCUT2D eigenvalue weighted by atomic mass is 10.2. The van der Waals surface area contributed by atoms with Gasteiger partial charge in [-0.15, -0.1) is 11.8 Å². The Morgan fingerprint density at radius 3 is 2.67 bits per heavy atom. The summed E-state index contributed by atoms with van der Waals surface area (Å²) in [5.74, 6) is 0.593. The lowest BCUT2D eigenvalue weighted by molar-refractivity contribution is -0.118. The Kier molecular flexibility index (Phi) is 9.19. The van der Waals surface area contributed by atoms with Crippen LogP contribution in [0.25, 0.3) is 0 Å². The molecule has 1 rings (SSSR count). The van der Waals surface area contributed by atoms with E-state index in [1.807, 2.05) is 0 Å². The number of amides is 1. The van der Waals surface area contributed by atoms with Crippen LogP contribution >= 0.6 is 11.8 Å². The van der Waals surface area contributed by atoms with Crippen molar-refractivity contribution < 1.29 is 4.79 Å². The van der Waals surface area contributed by atoms with Crippen LogP contribution in [0.3, 0.4) is 0 Å². The minimum atomic E-state index is 0.107. The second kappa shape index (κ2) is 10.7. The first-order valence-corrected chi connectivity index (χ1v) is 8.79. The molecule has 1 amide bonds. The molecule has 0 unspecified atom stereocenters. The highest BCUT2D eigenvalue weighted by Crippen LogP contribution is 2.22. The molecular formula is C17H28N2OS. The Bertz CT molecular complexity index is 435. The average Bonchev–Trinajstić information content (AvgIpc) is 2.45. The van der Waals surface area contributed by atoms with Gasteiger partial charge in [0, 0.05) is 18.0 Å². The van der Waals surface area contributed by atoms with Gasteiger partial charge in [0.25, 0.3) is 0 Å². The van der Waals surface area contributed by atoms with Crippen LogP contribution in [-0.2, 0) is 4.79 Å². The van der Waals surface area contributed by atoms with Gasteiger partial charge in [0.15, 0.2) is 0 Å². The molecule has 0 fully saturated rings. The van der Waals surface area contributed by atoms with Crippen molar-refractivity contribution >= 4 is 17.7 Å². The highest BCUT2D eigenvalue weighted by molar-refractivity contribution is 8.00. The van der Waals surface area contributed by atoms with Gasteiger partial charge in [-0.1, -0.05) is 37.5 Å². The number of hydrogen-bond donors (Lipinski definition) is 2. The zero-order valence-electron chi connectivity index (χ0n) is 13.5. The third kappa shape index (κ3) is 8.12. The predicted molar refractivity (Wildman–Crippen MR) is 92.0 cm³/mol. The summed E-state index contributed by atoms with van der Waals surface area (Å²) in [6.07, 6.45) is 3.73. The van der Waals surface area contributed by atoms with Crippen LogP contribution < -0.4 is 10.6 Å². The molecule has 0 bridgehead atoms. The zero-order valence-corrected chi connectivity index (χ0v) is 14.3. The van der Waals surface area contributed by atoms with Gasteiger partial charge >= 0.3 is 0 Å². The molecule has 2 N–H and O–H groups in total. The molecule has 0 saturated heterocycles. The molecular weight excluding hydrogens is 280 g/mol. The summed E-state index contributed by atoms with van der Waals surface area (Å²) in [4.78, 5) is 13.0. The molecule has 1 aromatic rings. The number of nitrogens with one attached hydrogen (secondary N) is 2. The van der Waals surface area contributed by atoms with E-state index in [1.54, 1.807) is 11.8 Å². The van der Waals surface area contributed by atoms with E-state index in [9.17, 15) is 4.79 Å². The summed E-state index contributed by atoms with van der Waals surface area (Å²) < 4.78 is 0. The van der Waals surface area contributed by atoms with Crippen molar-refractivity contribution in [1.82, 2.24) is 10.6 Å². The van der Waals surface area contributed by atoms with E-state index in [-0.39, 0.29) is 5.91 Å². The number of carbonyl (C=O) groups excluding carboxylic acids is 1. The molecule has 0 atom stereocenters. The van der Waals surface area contributed by atoms with E-state index in [0.717, 1.165) is 13.1 Å². The maximum atomic E-state index is 11.8. The van der Waals surface area contributed by atoms with Crippen molar-refractivity contribution in [3.05, 3.63) is 29.3 Å². The molecule has 0 aliphatic rings. The number of rotatable bonds is 10. The number of carbonyl (C=O) groups is 1. The van der Waals surface area contributed by atoms with Gasteiger partial charge in [0.05, 0.1) is 5.75 Å². The number of unbranched alkanes of at least 4 members (excludes halogenated alkanes) is 2. The van der Waals surface area contributed by atoms with Crippen LogP contribution in [0.15, 0.2) is 23.1 Å². The molecule has 0 heterocycles. The molecule has 0 aliphatic heterocycles. The highest BCUT2D eigenvalue weighted by Gasteiger charge is 2.04. The Labute approximate surface area is 133 Å². The number of aryl methyl sites for hydroxylation is 2. The van der Waals surface area contributed by atoms with Crippen molar-refractivity contribution in [1.29, 1.82) is 0 Å². The molecule has 0 saturated carbocycles. The maximum Gasteiger partial charge on any atom is 0.230 e. The van der Waals surface area contributed by atoms with Crippen LogP contribution in [0.5, 0.6) is 0 Å². The molecule has 3 nitrogen and oxygen atoms in total. The van der Waals surface area contributed by atoms with Crippen LogP contribution in [0.4, 0.5) is 0 Å². The fraction of sp³-hybridized carbons (Fsp3) is 0.588. The third-order valence-electron chi connectivity index (χ3n) is 3.27. The van der Waals surface area contributed by atoms with Gasteiger partial charge in [0.1, 0.15) is 0 Å². The highest BCUT2D eigenvalue weighted by atomic mass is 32.2. The quantitative estimate of drug-likeness (QED) is 0.515. The van der Waals surface area contributed by atoms with E-state index >= 15 is 0 Å². The standard InChI is InChI=1S/C17H28N2OS/c1-4-5-6-9-18-10-11-19-17(20)13-21-16-8-7-14(2)12-15(16)3/h7-8,12,18H,4-6,9-11,13H2,1-3H3,(H,19,20). The van der Waals surface area contributed by atoms with Crippen molar-refractivity contribution in [2.45, 2.75) is 44.9 Å². The third-order valence-corrected chi connectivity index (χ3v) is 4.45. The molecule has 21 heavy (non-hydrogen) atoms. The van der Waals surface area contributed by atoms with Gasteiger partial charge in [0.2, 0.25) is 5.91 Å². The van der Waals surface area contributed by atoms with E-state index < -0.39 is 0 Å². The summed E-state index contributed by atoms with van der Waals surface area (Å²) in [7, 11) is 0. The minimum absolute atomic E-state index is 0.107. The molecule has 0 aromatic heterocycles. The van der Waals surface area contributed by atoms with Gasteiger partial charge in [-0.2, -0.15) is 0 Å². The van der Waals surface area contributed by atoms with Crippen molar-refractivity contribution in [3.8, 4) is 0 Å². The summed E-state index contributed by atoms with van der Waals surface area (Å²) >= 11 is 1.61. The first kappa shape index (κ1) is 18.1. The minimum Gasteiger partial charge on any atom is -0.354 e. The lowest BCUT2D eigenvalue weighted by Gasteiger charge is -2.08. The number of hydrogen-bond acceptors (Lipinski definition) is 3. The van der Waals surface area contributed by atoms with Crippen molar-refractivity contribution in [2.75, 3.05) is 25.4 Å². The van der Waals surface area contributed by atoms with Crippen LogP contribution in [0.2, 0.25) is 0 Å². The molecule has 0 aliphatic carbocycles. The zero-order chi connectivity index (χ0) is 15.5. The van der Waals surface area contributed by atoms with Crippen molar-refractivity contribution in [3.63, 3.8) is 0 Å². The average molecular weight is 308 g/mol. The summed E-state index contributed by atoms with van der Waals surface area (Å²) in [6, 6.07) is 6.34. The van der Waals surface area contributed by atoms with Gasteiger partial charge < -0.3 is 10.6 Å². The van der Waals surface area contributed by atoms with E-state index in [1.165, 1.54) is 35.3 Å². The second-order valence-corrected chi connectivity index (χ2v) is 6.38. The van der Waals surface area contributed by atoms with E-state index in [2.05, 4.69) is 49.6 Å². The fourth-order valence-electron chi connectivity index (χ4n) is 2.07. The Morgan fingerprint density at radius 1 is 1.14 bits per heavy atom. The molecule has 118 valence electrons. The van der Waals surface area contributed by atoms with Crippen LogP contribution in [0.1, 0.15) is 37.3 Å². The van der Waals surface area contributed by atoms with E-state index in [0.29, 0.717) is 12.3 Å². The van der Waals surface area contributed by atoms with E-state index in [4.69, 9.17) is 0 Å². The van der Waals surface area contributed by atoms with Gasteiger partial charge in [-0.05, 0) is 38.4 Å². The summed E-state index contributed by atoms with van der Waals surface area (Å²) in [6.45, 7) is 8.98. The fourth-order valence-corrected chi connectivity index (χ4v) is 2.91. The number of thioether (sulfide) groups is 1. The van der Waals surface area contributed by atoms with Gasteiger partial charge in [-0.25, -0.2) is 0 Å². The Balaban J connectivity index is 2.11. The SMILES string of the molecule is CCCCCNCCNC(=O)CSc1ccc(C)cc1C. The molecule has 4 heteroatoms. The lowest BCUT2D eigenvalue weighted by Crippen LogP contribution is -2.33. The largest absolute Gasteiger partial charge is 0.354 e. The van der Waals surface area contributed by atoms with Crippen LogP contribution in [0, 0.1) is 13.8 Å². The normalized spacial score (nSPS) is 10.6. The first-order chi connectivity index (χ1) is 10.1. The predicted octanol–water partition coefficient (Wildman–Crippen LogP) is 3.29. The maximum absolute atomic E-state index is 11.8. The smallest absolute Gasteiger partial charge is 0.230 e.